The smallest absolute Gasteiger partial charge is 0.328 e. The predicted molar refractivity (Wildman–Crippen MR) is 30.9 cm³/mol. The fourth-order valence-electron chi connectivity index (χ4n) is 0.272. The average Bonchev–Trinajstić information content (AvgIpc) is 1.79. The number of carboxylic acid groups (broad SMARTS) is 2. The van der Waals surface area contributed by atoms with Crippen LogP contribution in [0.3, 0.4) is 0 Å². The van der Waals surface area contributed by atoms with Gasteiger partial charge in [-0.3, -0.25) is 0 Å². The Morgan fingerprint density at radius 1 is 1.20 bits per heavy atom. The van der Waals surface area contributed by atoms with E-state index in [0.717, 1.165) is 24.3 Å². The van der Waals surface area contributed by atoms with E-state index in [1.54, 1.807) is 0 Å². The second-order valence-electron chi connectivity index (χ2n) is 1.38. The Morgan fingerprint density at radius 2 is 1.70 bits per heavy atom. The van der Waals surface area contributed by atoms with E-state index < -0.39 is 11.9 Å². The molecular formula is C6H5O4-. The molecule has 0 aliphatic heterocycles. The molecule has 10 heavy (non-hydrogen) atoms. The molecule has 0 saturated heterocycles. The fourth-order valence-corrected chi connectivity index (χ4v) is 0.272. The van der Waals surface area contributed by atoms with E-state index in [1.165, 1.54) is 0 Å². The predicted octanol–water partition coefficient (Wildman–Crippen LogP) is -1.07. The van der Waals surface area contributed by atoms with Crippen LogP contribution in [0.15, 0.2) is 24.3 Å². The number of carbonyl (C=O) groups is 2. The molecule has 0 unspecified atom stereocenters. The third-order valence-electron chi connectivity index (χ3n) is 0.582. The second kappa shape index (κ2) is 4.31. The quantitative estimate of drug-likeness (QED) is 0.401. The zero-order chi connectivity index (χ0) is 7.98. The van der Waals surface area contributed by atoms with E-state index in [1.807, 2.05) is 0 Å². The van der Waals surface area contributed by atoms with Gasteiger partial charge in [-0.05, 0) is 6.08 Å². The van der Waals surface area contributed by atoms with Gasteiger partial charge in [-0.1, -0.05) is 12.2 Å². The Bertz CT molecular complexity index is 168. The summed E-state index contributed by atoms with van der Waals surface area (Å²) in [6.07, 6.45) is 3.72. The number of carbonyl (C=O) groups excluding carboxylic acids is 1. The van der Waals surface area contributed by atoms with Crippen LogP contribution in [-0.2, 0) is 9.59 Å². The van der Waals surface area contributed by atoms with Crippen molar-refractivity contribution in [1.29, 1.82) is 0 Å². The zero-order valence-corrected chi connectivity index (χ0v) is 4.98. The van der Waals surface area contributed by atoms with E-state index in [0.29, 0.717) is 0 Å². The molecule has 4 nitrogen and oxygen atoms in total. The molecule has 0 aromatic heterocycles. The summed E-state index contributed by atoms with van der Waals surface area (Å²) in [4.78, 5) is 19.4. The summed E-state index contributed by atoms with van der Waals surface area (Å²) in [5, 5.41) is 17.7. The van der Waals surface area contributed by atoms with E-state index in [9.17, 15) is 14.7 Å². The van der Waals surface area contributed by atoms with Crippen LogP contribution in [0.1, 0.15) is 0 Å². The molecule has 0 rings (SSSR count). The van der Waals surface area contributed by atoms with Crippen molar-refractivity contribution in [2.45, 2.75) is 0 Å². The maximum Gasteiger partial charge on any atom is 0.328 e. The van der Waals surface area contributed by atoms with E-state index >= 15 is 0 Å². The number of rotatable bonds is 3. The van der Waals surface area contributed by atoms with E-state index in [2.05, 4.69) is 0 Å². The van der Waals surface area contributed by atoms with Gasteiger partial charge in [0.15, 0.2) is 0 Å². The fraction of sp³-hybridized carbons (Fsp3) is 0. The second-order valence-corrected chi connectivity index (χ2v) is 1.38. The minimum absolute atomic E-state index is 0.736. The lowest BCUT2D eigenvalue weighted by Crippen LogP contribution is -2.18. The van der Waals surface area contributed by atoms with Crippen molar-refractivity contribution < 1.29 is 19.8 Å². The van der Waals surface area contributed by atoms with Crippen LogP contribution < -0.4 is 5.11 Å². The van der Waals surface area contributed by atoms with Crippen molar-refractivity contribution in [1.82, 2.24) is 0 Å². The summed E-state index contributed by atoms with van der Waals surface area (Å²) in [5.41, 5.74) is 0. The lowest BCUT2D eigenvalue weighted by atomic mass is 10.4. The van der Waals surface area contributed by atoms with Gasteiger partial charge in [0.05, 0.1) is 5.97 Å². The third kappa shape index (κ3) is 6.42. The normalized spacial score (nSPS) is 10.8. The molecule has 0 saturated carbocycles. The Hall–Kier alpha value is -1.58. The summed E-state index contributed by atoms with van der Waals surface area (Å²) in [6, 6.07) is 0. The lowest BCUT2D eigenvalue weighted by molar-refractivity contribution is -0.297. The molecule has 0 radical (unpaired) electrons. The molecule has 0 aromatic carbocycles. The van der Waals surface area contributed by atoms with Crippen LogP contribution in [-0.4, -0.2) is 17.0 Å². The van der Waals surface area contributed by atoms with Crippen molar-refractivity contribution >= 4 is 11.9 Å². The molecule has 0 aliphatic carbocycles. The van der Waals surface area contributed by atoms with E-state index in [4.69, 9.17) is 5.11 Å². The zero-order valence-electron chi connectivity index (χ0n) is 4.98. The molecular weight excluding hydrogens is 136 g/mol. The molecule has 0 bridgehead atoms. The van der Waals surface area contributed by atoms with Crippen molar-refractivity contribution in [2.24, 2.45) is 0 Å². The molecule has 0 amide bonds. The number of allylic oxidation sites excluding steroid dienone is 2. The van der Waals surface area contributed by atoms with Gasteiger partial charge in [-0.15, -0.1) is 0 Å². The van der Waals surface area contributed by atoms with Gasteiger partial charge in [-0.25, -0.2) is 4.79 Å². The molecule has 0 aliphatic rings. The van der Waals surface area contributed by atoms with Gasteiger partial charge < -0.3 is 15.0 Å². The Labute approximate surface area is 57.1 Å². The molecule has 4 heteroatoms. The first kappa shape index (κ1) is 8.42. The van der Waals surface area contributed by atoms with Crippen LogP contribution in [0.4, 0.5) is 0 Å². The summed E-state index contributed by atoms with van der Waals surface area (Å²) in [7, 11) is 0. The Kier molecular flexibility index (Phi) is 3.63. The summed E-state index contributed by atoms with van der Waals surface area (Å²) in [6.45, 7) is 0. The first-order chi connectivity index (χ1) is 4.63. The summed E-state index contributed by atoms with van der Waals surface area (Å²) >= 11 is 0. The van der Waals surface area contributed by atoms with Crippen molar-refractivity contribution in [3.05, 3.63) is 24.3 Å². The third-order valence-corrected chi connectivity index (χ3v) is 0.582. The molecule has 1 N–H and O–H groups in total. The van der Waals surface area contributed by atoms with Crippen molar-refractivity contribution in [2.75, 3.05) is 0 Å². The standard InChI is InChI=1S/C6H6O4/c7-5(8)3-1-2-4-6(9)10/h1-4H,(H,7,8)(H,9,10)/p-1/b3-1-,4-2-. The monoisotopic (exact) mass is 141 g/mol. The molecule has 0 atom stereocenters. The topological polar surface area (TPSA) is 77.4 Å². The molecule has 0 heterocycles. The molecule has 0 fully saturated rings. The van der Waals surface area contributed by atoms with Gasteiger partial charge in [0, 0.05) is 6.08 Å². The Morgan fingerprint density at radius 3 is 2.10 bits per heavy atom. The van der Waals surface area contributed by atoms with Crippen LogP contribution in [0.25, 0.3) is 0 Å². The van der Waals surface area contributed by atoms with Gasteiger partial charge >= 0.3 is 5.97 Å². The maximum atomic E-state index is 9.76. The highest BCUT2D eigenvalue weighted by molar-refractivity contribution is 5.81. The highest BCUT2D eigenvalue weighted by Gasteiger charge is 1.79. The lowest BCUT2D eigenvalue weighted by Gasteiger charge is -1.85. The molecule has 0 spiro atoms. The molecule has 0 aromatic rings. The van der Waals surface area contributed by atoms with Crippen molar-refractivity contribution in [3.63, 3.8) is 0 Å². The number of carboxylic acids is 2. The SMILES string of the molecule is O=C([O-])/C=C\C=C/C(=O)O. The minimum atomic E-state index is -1.35. The summed E-state index contributed by atoms with van der Waals surface area (Å²) < 4.78 is 0. The van der Waals surface area contributed by atoms with Gasteiger partial charge in [0.25, 0.3) is 0 Å². The van der Waals surface area contributed by atoms with Gasteiger partial charge in [0.1, 0.15) is 0 Å². The Balaban J connectivity index is 3.73. The molecule has 54 valence electrons. The van der Waals surface area contributed by atoms with Crippen LogP contribution in [0, 0.1) is 0 Å². The van der Waals surface area contributed by atoms with E-state index in [-0.39, 0.29) is 0 Å². The van der Waals surface area contributed by atoms with Gasteiger partial charge in [-0.2, -0.15) is 0 Å². The first-order valence-electron chi connectivity index (χ1n) is 2.41. The largest absolute Gasteiger partial charge is 0.545 e. The van der Waals surface area contributed by atoms with Crippen LogP contribution in [0.5, 0.6) is 0 Å². The number of aliphatic carboxylic acids is 2. The average molecular weight is 141 g/mol. The summed E-state index contributed by atoms with van der Waals surface area (Å²) in [5.74, 6) is -2.47. The van der Waals surface area contributed by atoms with Crippen LogP contribution >= 0.6 is 0 Å². The number of hydrogen-bond acceptors (Lipinski definition) is 3. The minimum Gasteiger partial charge on any atom is -0.545 e. The highest BCUT2D eigenvalue weighted by Crippen LogP contribution is 1.75. The number of hydrogen-bond donors (Lipinski definition) is 1. The van der Waals surface area contributed by atoms with Crippen molar-refractivity contribution in [3.8, 4) is 0 Å². The maximum absolute atomic E-state index is 9.76. The first-order valence-corrected chi connectivity index (χ1v) is 2.41. The van der Waals surface area contributed by atoms with Gasteiger partial charge in [0.2, 0.25) is 0 Å². The highest BCUT2D eigenvalue weighted by atomic mass is 16.4. The van der Waals surface area contributed by atoms with Crippen LogP contribution in [0.2, 0.25) is 0 Å².